The molecule has 2 aromatic heterocycles. The lowest BCUT2D eigenvalue weighted by molar-refractivity contribution is -0.384. The summed E-state index contributed by atoms with van der Waals surface area (Å²) in [4.78, 5) is 26.5. The zero-order valence-electron chi connectivity index (χ0n) is 15.2. The third kappa shape index (κ3) is 3.94. The maximum absolute atomic E-state index is 11.3. The van der Waals surface area contributed by atoms with E-state index in [1.54, 1.807) is 36.4 Å². The van der Waals surface area contributed by atoms with Gasteiger partial charge in [-0.1, -0.05) is 23.7 Å². The average Bonchev–Trinajstić information content (AvgIpc) is 3.33. The highest BCUT2D eigenvalue weighted by molar-refractivity contribution is 6.30. The van der Waals surface area contributed by atoms with E-state index in [9.17, 15) is 20.0 Å². The molecule has 0 aliphatic heterocycles. The third-order valence-corrected chi connectivity index (χ3v) is 4.51. The van der Waals surface area contributed by atoms with Gasteiger partial charge in [0, 0.05) is 16.7 Å². The van der Waals surface area contributed by atoms with Gasteiger partial charge in [-0.2, -0.15) is 0 Å². The van der Waals surface area contributed by atoms with Crippen molar-refractivity contribution in [3.63, 3.8) is 0 Å². The number of oxazole rings is 1. The molecule has 0 fully saturated rings. The van der Waals surface area contributed by atoms with Crippen LogP contribution in [0.15, 0.2) is 63.4 Å². The number of hydrogen-bond acceptors (Lipinski definition) is 6. The molecule has 0 saturated heterocycles. The smallest absolute Gasteiger partial charge is 0.308 e. The van der Waals surface area contributed by atoms with Crippen LogP contribution < -0.4 is 0 Å². The van der Waals surface area contributed by atoms with E-state index in [2.05, 4.69) is 4.98 Å². The Labute approximate surface area is 174 Å². The van der Waals surface area contributed by atoms with Crippen molar-refractivity contribution in [3.05, 3.63) is 81.4 Å². The summed E-state index contributed by atoms with van der Waals surface area (Å²) in [6.45, 7) is 0. The number of carboxylic acid groups (broad SMARTS) is 1. The first-order valence-corrected chi connectivity index (χ1v) is 9.11. The Hall–Kier alpha value is -3.91. The maximum atomic E-state index is 11.3. The van der Waals surface area contributed by atoms with E-state index in [-0.39, 0.29) is 34.3 Å². The summed E-state index contributed by atoms with van der Waals surface area (Å²) in [5.74, 6) is -0.359. The highest BCUT2D eigenvalue weighted by Crippen LogP contribution is 2.34. The predicted octanol–water partition coefficient (Wildman–Crippen LogP) is 5.66. The van der Waals surface area contributed by atoms with Gasteiger partial charge in [-0.3, -0.25) is 14.9 Å². The summed E-state index contributed by atoms with van der Waals surface area (Å²) in [6, 6.07) is 14.5. The van der Waals surface area contributed by atoms with Crippen LogP contribution in [0.4, 0.5) is 5.69 Å². The van der Waals surface area contributed by atoms with Crippen LogP contribution in [-0.2, 0) is 4.79 Å². The van der Waals surface area contributed by atoms with Crippen LogP contribution in [0.2, 0.25) is 5.02 Å². The highest BCUT2D eigenvalue weighted by Gasteiger charge is 2.20. The number of aromatic nitrogens is 1. The molecule has 4 aromatic rings. The van der Waals surface area contributed by atoms with Gasteiger partial charge in [-0.05, 0) is 42.5 Å². The van der Waals surface area contributed by atoms with Crippen LogP contribution in [0, 0.1) is 10.1 Å². The number of furan rings is 1. The third-order valence-electron chi connectivity index (χ3n) is 4.28. The zero-order valence-corrected chi connectivity index (χ0v) is 16.0. The molecule has 150 valence electrons. The van der Waals surface area contributed by atoms with Gasteiger partial charge in [0.2, 0.25) is 5.89 Å². The number of hydrogen-bond donors (Lipinski definition) is 1. The number of nitro groups is 1. The highest BCUT2D eigenvalue weighted by atomic mass is 35.5. The van der Waals surface area contributed by atoms with Gasteiger partial charge < -0.3 is 13.9 Å². The maximum Gasteiger partial charge on any atom is 0.308 e. The van der Waals surface area contributed by atoms with Crippen molar-refractivity contribution in [3.8, 4) is 11.3 Å². The van der Waals surface area contributed by atoms with Gasteiger partial charge in [0.15, 0.2) is 5.58 Å². The Kier molecular flexibility index (Phi) is 5.07. The monoisotopic (exact) mass is 424 g/mol. The molecule has 0 aliphatic carbocycles. The normalized spacial score (nSPS) is 11.7. The molecule has 0 unspecified atom stereocenters. The van der Waals surface area contributed by atoms with Gasteiger partial charge >= 0.3 is 5.97 Å². The minimum Gasteiger partial charge on any atom is -0.481 e. The van der Waals surface area contributed by atoms with Crippen LogP contribution in [-0.4, -0.2) is 21.0 Å². The van der Waals surface area contributed by atoms with Gasteiger partial charge in [0.05, 0.1) is 16.9 Å². The lowest BCUT2D eigenvalue weighted by atomic mass is 10.1. The number of halogens is 1. The molecule has 2 aromatic carbocycles. The molecule has 0 aliphatic rings. The quantitative estimate of drug-likeness (QED) is 0.313. The Morgan fingerprint density at radius 1 is 1.17 bits per heavy atom. The lowest BCUT2D eigenvalue weighted by Gasteiger charge is -2.01. The van der Waals surface area contributed by atoms with Crippen LogP contribution in [0.1, 0.15) is 18.1 Å². The molecule has 0 saturated carbocycles. The number of benzene rings is 2. The van der Waals surface area contributed by atoms with Gasteiger partial charge in [-0.25, -0.2) is 4.98 Å². The minimum absolute atomic E-state index is 0.161. The van der Waals surface area contributed by atoms with E-state index in [1.165, 1.54) is 24.3 Å². The van der Waals surface area contributed by atoms with Crippen LogP contribution in [0.5, 0.6) is 0 Å². The van der Waals surface area contributed by atoms with Crippen molar-refractivity contribution in [2.24, 2.45) is 0 Å². The van der Waals surface area contributed by atoms with E-state index in [1.807, 2.05) is 0 Å². The second-order valence-corrected chi connectivity index (χ2v) is 6.78. The summed E-state index contributed by atoms with van der Waals surface area (Å²) in [5, 5.41) is 20.8. The van der Waals surface area contributed by atoms with Gasteiger partial charge in [0.25, 0.3) is 5.69 Å². The molecule has 2 heterocycles. The largest absolute Gasteiger partial charge is 0.481 e. The fourth-order valence-electron chi connectivity index (χ4n) is 2.97. The first-order valence-electron chi connectivity index (χ1n) is 8.73. The molecule has 0 radical (unpaired) electrons. The zero-order chi connectivity index (χ0) is 21.3. The first-order chi connectivity index (χ1) is 14.4. The number of carbonyl (C=O) groups is 1. The topological polar surface area (TPSA) is 120 Å². The molecule has 4 rings (SSSR count). The Morgan fingerprint density at radius 3 is 2.70 bits per heavy atom. The fraction of sp³-hybridized carbons (Fsp3) is 0.0476. The fourth-order valence-corrected chi connectivity index (χ4v) is 3.14. The van der Waals surface area contributed by atoms with Crippen molar-refractivity contribution in [1.82, 2.24) is 4.98 Å². The van der Waals surface area contributed by atoms with Gasteiger partial charge in [-0.15, -0.1) is 0 Å². The number of aliphatic carboxylic acids is 1. The number of carboxylic acids is 1. The summed E-state index contributed by atoms with van der Waals surface area (Å²) < 4.78 is 11.4. The molecule has 0 amide bonds. The minimum atomic E-state index is -1.07. The molecule has 30 heavy (non-hydrogen) atoms. The van der Waals surface area contributed by atoms with Crippen molar-refractivity contribution >= 4 is 46.0 Å². The van der Waals surface area contributed by atoms with Crippen molar-refractivity contribution in [2.45, 2.75) is 6.42 Å². The van der Waals surface area contributed by atoms with Crippen LogP contribution >= 0.6 is 11.6 Å². The summed E-state index contributed by atoms with van der Waals surface area (Å²) in [7, 11) is 0. The Morgan fingerprint density at radius 2 is 1.97 bits per heavy atom. The number of para-hydroxylation sites is 2. The van der Waals surface area contributed by atoms with Crippen LogP contribution in [0.3, 0.4) is 0 Å². The standard InChI is InChI=1S/C21H13ClN2O6/c22-13-5-7-15(17(11-13)24(27)28)18-8-6-14(29-18)9-12(10-20(25)26)21-23-16-3-1-2-4-19(16)30-21/h1-9,11H,10H2,(H,25,26)/b12-9+. The average molecular weight is 425 g/mol. The number of rotatable bonds is 6. The molecular formula is C21H13ClN2O6. The van der Waals surface area contributed by atoms with Gasteiger partial charge in [0.1, 0.15) is 17.0 Å². The van der Waals surface area contributed by atoms with E-state index in [4.69, 9.17) is 20.4 Å². The molecular weight excluding hydrogens is 412 g/mol. The Balaban J connectivity index is 1.75. The van der Waals surface area contributed by atoms with Crippen LogP contribution in [0.25, 0.3) is 34.1 Å². The number of fused-ring (bicyclic) bond motifs is 1. The van der Waals surface area contributed by atoms with E-state index < -0.39 is 10.9 Å². The molecule has 1 N–H and O–H groups in total. The SMILES string of the molecule is O=C(O)C/C(=C\c1ccc(-c2ccc(Cl)cc2[N+](=O)[O-])o1)c1nc2ccccc2o1. The molecule has 0 spiro atoms. The molecule has 8 nitrogen and oxygen atoms in total. The van der Waals surface area contributed by atoms with E-state index in [0.29, 0.717) is 22.4 Å². The summed E-state index contributed by atoms with van der Waals surface area (Å²) in [6.07, 6.45) is 1.15. The second kappa shape index (κ2) is 7.84. The lowest BCUT2D eigenvalue weighted by Crippen LogP contribution is -1.97. The first kappa shape index (κ1) is 19.4. The van der Waals surface area contributed by atoms with Crippen molar-refractivity contribution < 1.29 is 23.7 Å². The van der Waals surface area contributed by atoms with Crippen molar-refractivity contribution in [2.75, 3.05) is 0 Å². The van der Waals surface area contributed by atoms with Crippen molar-refractivity contribution in [1.29, 1.82) is 0 Å². The number of nitrogens with zero attached hydrogens (tertiary/aromatic N) is 2. The summed E-state index contributed by atoms with van der Waals surface area (Å²) in [5.41, 5.74) is 1.48. The van der Waals surface area contributed by atoms with E-state index >= 15 is 0 Å². The van der Waals surface area contributed by atoms with E-state index in [0.717, 1.165) is 0 Å². The number of nitro benzene ring substituents is 1. The molecule has 0 bridgehead atoms. The summed E-state index contributed by atoms with van der Waals surface area (Å²) >= 11 is 5.85. The Bertz CT molecular complexity index is 1270. The molecule has 9 heteroatoms. The predicted molar refractivity (Wildman–Crippen MR) is 110 cm³/mol. The molecule has 0 atom stereocenters. The second-order valence-electron chi connectivity index (χ2n) is 6.35.